The molecule has 6 heteroatoms. The third-order valence-corrected chi connectivity index (χ3v) is 2.57. The second kappa shape index (κ2) is 6.24. The lowest BCUT2D eigenvalue weighted by atomic mass is 10.2. The molecule has 0 spiro atoms. The Morgan fingerprint density at radius 1 is 1.45 bits per heavy atom. The van der Waals surface area contributed by atoms with Crippen molar-refractivity contribution in [3.05, 3.63) is 0 Å². The van der Waals surface area contributed by atoms with Gasteiger partial charge in [0.1, 0.15) is 5.60 Å². The van der Waals surface area contributed by atoms with Gasteiger partial charge in [-0.05, 0) is 26.7 Å². The van der Waals surface area contributed by atoms with Gasteiger partial charge in [-0.25, -0.2) is 9.80 Å². The molecule has 6 nitrogen and oxygen atoms in total. The van der Waals surface area contributed by atoms with E-state index in [0.717, 1.165) is 0 Å². The summed E-state index contributed by atoms with van der Waals surface area (Å²) >= 11 is 0. The van der Waals surface area contributed by atoms with Crippen LogP contribution in [0.1, 0.15) is 41.0 Å². The molecule has 0 unspecified atom stereocenters. The van der Waals surface area contributed by atoms with Crippen molar-refractivity contribution in [2.24, 2.45) is 11.0 Å². The monoisotopic (exact) mass is 283 g/mol. The van der Waals surface area contributed by atoms with Crippen LogP contribution in [0.15, 0.2) is 5.10 Å². The van der Waals surface area contributed by atoms with Gasteiger partial charge >= 0.3 is 6.09 Å². The number of ether oxygens (including phenoxy) is 1. The minimum absolute atomic E-state index is 0.00807. The second-order valence-corrected chi connectivity index (χ2v) is 6.55. The van der Waals surface area contributed by atoms with Crippen LogP contribution in [0.25, 0.3) is 0 Å². The standard InChI is InChI=1S/C14H25N3O3/c1-10(2)8-17-12(18)7-11(15-17)9-16(6)13(19)20-14(3,4)5/h10H,7-9H2,1-6H3. The molecular weight excluding hydrogens is 258 g/mol. The summed E-state index contributed by atoms with van der Waals surface area (Å²) in [6.07, 6.45) is -0.130. The van der Waals surface area contributed by atoms with Crippen molar-refractivity contribution in [1.82, 2.24) is 9.91 Å². The zero-order valence-electron chi connectivity index (χ0n) is 13.3. The van der Waals surface area contributed by atoms with Crippen LogP contribution in [0.5, 0.6) is 0 Å². The summed E-state index contributed by atoms with van der Waals surface area (Å²) in [5, 5.41) is 5.77. The summed E-state index contributed by atoms with van der Waals surface area (Å²) in [5.74, 6) is 0.358. The van der Waals surface area contributed by atoms with E-state index in [0.29, 0.717) is 24.7 Å². The number of carbonyl (C=O) groups excluding carboxylic acids is 2. The average Bonchev–Trinajstić information content (AvgIpc) is 2.55. The predicted octanol–water partition coefficient (Wildman–Crippen LogP) is 2.10. The smallest absolute Gasteiger partial charge is 0.410 e. The molecule has 0 atom stereocenters. The highest BCUT2D eigenvalue weighted by atomic mass is 16.6. The Kier molecular flexibility index (Phi) is 5.14. The van der Waals surface area contributed by atoms with Gasteiger partial charge in [-0.15, -0.1) is 0 Å². The highest BCUT2D eigenvalue weighted by Crippen LogP contribution is 2.13. The first-order valence-corrected chi connectivity index (χ1v) is 6.89. The van der Waals surface area contributed by atoms with Gasteiger partial charge in [-0.1, -0.05) is 13.8 Å². The van der Waals surface area contributed by atoms with Crippen molar-refractivity contribution >= 4 is 17.7 Å². The van der Waals surface area contributed by atoms with Crippen molar-refractivity contribution in [2.45, 2.75) is 46.6 Å². The molecule has 114 valence electrons. The maximum absolute atomic E-state index is 11.8. The van der Waals surface area contributed by atoms with Gasteiger partial charge in [0, 0.05) is 13.6 Å². The van der Waals surface area contributed by atoms with Gasteiger partial charge in [0.05, 0.1) is 18.7 Å². The molecule has 1 aliphatic heterocycles. The molecule has 2 amide bonds. The highest BCUT2D eigenvalue weighted by molar-refractivity contribution is 6.06. The van der Waals surface area contributed by atoms with Crippen LogP contribution < -0.4 is 0 Å². The molecule has 0 radical (unpaired) electrons. The van der Waals surface area contributed by atoms with E-state index < -0.39 is 11.7 Å². The first kappa shape index (κ1) is 16.5. The van der Waals surface area contributed by atoms with Crippen LogP contribution in [-0.4, -0.2) is 53.4 Å². The van der Waals surface area contributed by atoms with Crippen LogP contribution in [0.4, 0.5) is 4.79 Å². The van der Waals surface area contributed by atoms with Crippen LogP contribution in [0.2, 0.25) is 0 Å². The van der Waals surface area contributed by atoms with Crippen LogP contribution in [0.3, 0.4) is 0 Å². The third-order valence-electron chi connectivity index (χ3n) is 2.57. The van der Waals surface area contributed by atoms with Gasteiger partial charge in [0.15, 0.2) is 0 Å². The van der Waals surface area contributed by atoms with Crippen molar-refractivity contribution in [3.63, 3.8) is 0 Å². The summed E-state index contributed by atoms with van der Waals surface area (Å²) in [7, 11) is 1.65. The van der Waals surface area contributed by atoms with Gasteiger partial charge < -0.3 is 9.64 Å². The molecule has 0 aliphatic carbocycles. The van der Waals surface area contributed by atoms with Crippen LogP contribution >= 0.6 is 0 Å². The Labute approximate surface area is 120 Å². The summed E-state index contributed by atoms with van der Waals surface area (Å²) in [5.41, 5.74) is 0.173. The lowest BCUT2D eigenvalue weighted by Crippen LogP contribution is -2.37. The van der Waals surface area contributed by atoms with Gasteiger partial charge in [-0.3, -0.25) is 4.79 Å². The number of rotatable bonds is 4. The number of hydrazone groups is 1. The molecule has 0 saturated heterocycles. The molecular formula is C14H25N3O3. The highest BCUT2D eigenvalue weighted by Gasteiger charge is 2.27. The SMILES string of the molecule is CC(C)CN1N=C(CN(C)C(=O)OC(C)(C)C)CC1=O. The topological polar surface area (TPSA) is 62.2 Å². The number of nitrogens with zero attached hydrogens (tertiary/aromatic N) is 3. The molecule has 0 N–H and O–H groups in total. The predicted molar refractivity (Wildman–Crippen MR) is 77.5 cm³/mol. The van der Waals surface area contributed by atoms with E-state index in [4.69, 9.17) is 4.74 Å². The summed E-state index contributed by atoms with van der Waals surface area (Å²) in [6.45, 7) is 10.5. The van der Waals surface area contributed by atoms with Crippen molar-refractivity contribution in [2.75, 3.05) is 20.1 Å². The lowest BCUT2D eigenvalue weighted by Gasteiger charge is -2.24. The molecule has 0 saturated carbocycles. The zero-order chi connectivity index (χ0) is 15.5. The third kappa shape index (κ3) is 5.19. The molecule has 0 fully saturated rings. The molecule has 1 rings (SSSR count). The first-order chi connectivity index (χ1) is 9.08. The van der Waals surface area contributed by atoms with Gasteiger partial charge in [0.2, 0.25) is 5.91 Å². The average molecular weight is 283 g/mol. The number of carbonyl (C=O) groups is 2. The fraction of sp³-hybridized carbons (Fsp3) is 0.786. The summed E-state index contributed by atoms with van der Waals surface area (Å²) in [6, 6.07) is 0. The Morgan fingerprint density at radius 2 is 2.05 bits per heavy atom. The van der Waals surface area contributed by atoms with Crippen LogP contribution in [0, 0.1) is 5.92 Å². The van der Waals surface area contributed by atoms with Crippen molar-refractivity contribution < 1.29 is 14.3 Å². The molecule has 0 aromatic heterocycles. The fourth-order valence-electron chi connectivity index (χ4n) is 1.78. The fourth-order valence-corrected chi connectivity index (χ4v) is 1.78. The Hall–Kier alpha value is -1.59. The summed E-state index contributed by atoms with van der Waals surface area (Å²) < 4.78 is 5.26. The normalized spacial score (nSPS) is 15.7. The largest absolute Gasteiger partial charge is 0.444 e. The number of hydrogen-bond acceptors (Lipinski definition) is 4. The summed E-state index contributed by atoms with van der Waals surface area (Å²) in [4.78, 5) is 25.1. The molecule has 0 aromatic rings. The molecule has 1 heterocycles. The Morgan fingerprint density at radius 3 is 2.55 bits per heavy atom. The van der Waals surface area contributed by atoms with Gasteiger partial charge in [-0.2, -0.15) is 5.10 Å². The molecule has 1 aliphatic rings. The Balaban J connectivity index is 2.56. The Bertz CT molecular complexity index is 410. The van der Waals surface area contributed by atoms with Crippen molar-refractivity contribution in [3.8, 4) is 0 Å². The van der Waals surface area contributed by atoms with E-state index in [2.05, 4.69) is 5.10 Å². The van der Waals surface area contributed by atoms with E-state index in [1.807, 2.05) is 34.6 Å². The van der Waals surface area contributed by atoms with Crippen LogP contribution in [-0.2, 0) is 9.53 Å². The first-order valence-electron chi connectivity index (χ1n) is 6.89. The molecule has 0 aromatic carbocycles. The maximum atomic E-state index is 11.8. The number of hydrogen-bond donors (Lipinski definition) is 0. The van der Waals surface area contributed by atoms with E-state index in [9.17, 15) is 9.59 Å². The lowest BCUT2D eigenvalue weighted by molar-refractivity contribution is -0.129. The minimum atomic E-state index is -0.525. The van der Waals surface area contributed by atoms with Crippen molar-refractivity contribution in [1.29, 1.82) is 0 Å². The minimum Gasteiger partial charge on any atom is -0.444 e. The van der Waals surface area contributed by atoms with E-state index in [1.165, 1.54) is 9.91 Å². The molecule has 0 bridgehead atoms. The van der Waals surface area contributed by atoms with E-state index in [1.54, 1.807) is 7.05 Å². The number of amides is 2. The molecule has 20 heavy (non-hydrogen) atoms. The second-order valence-electron chi connectivity index (χ2n) is 6.55. The van der Waals surface area contributed by atoms with Gasteiger partial charge in [0.25, 0.3) is 0 Å². The van der Waals surface area contributed by atoms with E-state index in [-0.39, 0.29) is 12.3 Å². The zero-order valence-corrected chi connectivity index (χ0v) is 13.3. The maximum Gasteiger partial charge on any atom is 0.410 e. The van der Waals surface area contributed by atoms with E-state index >= 15 is 0 Å². The quantitative estimate of drug-likeness (QED) is 0.793.